The van der Waals surface area contributed by atoms with E-state index in [9.17, 15) is 0 Å². The van der Waals surface area contributed by atoms with Crippen LogP contribution in [0.1, 0.15) is 11.3 Å². The van der Waals surface area contributed by atoms with Crippen LogP contribution in [0.15, 0.2) is 22.7 Å². The highest BCUT2D eigenvalue weighted by Crippen LogP contribution is 2.39. The molecule has 15 heavy (non-hydrogen) atoms. The monoisotopic (exact) mass is 263 g/mol. The molecular formula is C11H10BrN3. The van der Waals surface area contributed by atoms with E-state index in [4.69, 9.17) is 0 Å². The number of aromatic amines is 1. The number of halogens is 1. The van der Waals surface area contributed by atoms with Gasteiger partial charge in [0.05, 0.1) is 11.4 Å². The molecule has 0 unspecified atom stereocenters. The predicted molar refractivity (Wildman–Crippen MR) is 63.8 cm³/mol. The van der Waals surface area contributed by atoms with E-state index in [0.717, 1.165) is 33.7 Å². The van der Waals surface area contributed by atoms with Crippen molar-refractivity contribution in [3.05, 3.63) is 33.9 Å². The molecule has 0 amide bonds. The molecule has 3 nitrogen and oxygen atoms in total. The number of hydrogen-bond acceptors (Lipinski definition) is 2. The minimum absolute atomic E-state index is 0.841. The van der Waals surface area contributed by atoms with E-state index in [0.29, 0.717) is 0 Å². The van der Waals surface area contributed by atoms with E-state index < -0.39 is 0 Å². The lowest BCUT2D eigenvalue weighted by atomic mass is 10.0. The topological polar surface area (TPSA) is 40.7 Å². The molecular weight excluding hydrogens is 254 g/mol. The van der Waals surface area contributed by atoms with E-state index in [1.807, 2.05) is 12.1 Å². The van der Waals surface area contributed by atoms with Crippen molar-refractivity contribution in [3.63, 3.8) is 0 Å². The Hall–Kier alpha value is -1.29. The molecule has 76 valence electrons. The number of H-pyrrole nitrogens is 1. The fraction of sp³-hybridized carbons (Fsp3) is 0.182. The van der Waals surface area contributed by atoms with Crippen LogP contribution in [0.5, 0.6) is 0 Å². The molecule has 0 spiro atoms. The molecule has 1 aliphatic rings. The number of nitrogens with one attached hydrogen (secondary N) is 2. The Morgan fingerprint density at radius 3 is 3.13 bits per heavy atom. The van der Waals surface area contributed by atoms with Gasteiger partial charge >= 0.3 is 0 Å². The summed E-state index contributed by atoms with van der Waals surface area (Å²) in [6.07, 6.45) is 0. The fourth-order valence-electron chi connectivity index (χ4n) is 1.97. The zero-order valence-corrected chi connectivity index (χ0v) is 9.85. The summed E-state index contributed by atoms with van der Waals surface area (Å²) in [6, 6.07) is 6.16. The van der Waals surface area contributed by atoms with Crippen molar-refractivity contribution in [2.45, 2.75) is 13.5 Å². The summed E-state index contributed by atoms with van der Waals surface area (Å²) in [5.74, 6) is 0. The summed E-state index contributed by atoms with van der Waals surface area (Å²) in [5, 5.41) is 10.8. The first-order chi connectivity index (χ1) is 7.27. The molecule has 0 bridgehead atoms. The maximum atomic E-state index is 4.35. The standard InChI is InChI=1S/C11H10BrN3/c1-6-8-5-13-11-7(10(8)15-14-6)3-2-4-9(11)12/h2-4,13H,5H2,1H3,(H,14,15). The van der Waals surface area contributed by atoms with E-state index in [2.05, 4.69) is 44.4 Å². The van der Waals surface area contributed by atoms with Crippen LogP contribution >= 0.6 is 15.9 Å². The fourth-order valence-corrected chi connectivity index (χ4v) is 2.48. The number of aromatic nitrogens is 2. The molecule has 0 radical (unpaired) electrons. The summed E-state index contributed by atoms with van der Waals surface area (Å²) in [6.45, 7) is 2.89. The number of benzene rings is 1. The van der Waals surface area contributed by atoms with Crippen molar-refractivity contribution >= 4 is 21.6 Å². The average molecular weight is 264 g/mol. The number of rotatable bonds is 0. The van der Waals surface area contributed by atoms with Crippen LogP contribution in [-0.4, -0.2) is 10.2 Å². The molecule has 2 heterocycles. The van der Waals surface area contributed by atoms with E-state index in [1.165, 1.54) is 5.56 Å². The molecule has 1 aromatic carbocycles. The molecule has 1 aromatic heterocycles. The molecule has 0 atom stereocenters. The Labute approximate surface area is 96.0 Å². The van der Waals surface area contributed by atoms with E-state index in [1.54, 1.807) is 0 Å². The molecule has 1 aliphatic heterocycles. The number of fused-ring (bicyclic) bond motifs is 3. The lowest BCUT2D eigenvalue weighted by Gasteiger charge is -2.19. The van der Waals surface area contributed by atoms with Crippen LogP contribution < -0.4 is 5.32 Å². The second kappa shape index (κ2) is 3.10. The highest BCUT2D eigenvalue weighted by atomic mass is 79.9. The lowest BCUT2D eigenvalue weighted by Crippen LogP contribution is -2.08. The van der Waals surface area contributed by atoms with Gasteiger partial charge in [0, 0.05) is 27.8 Å². The van der Waals surface area contributed by atoms with Gasteiger partial charge in [0.25, 0.3) is 0 Å². The predicted octanol–water partition coefficient (Wildman–Crippen LogP) is 3.07. The Bertz CT molecular complexity index is 531. The minimum Gasteiger partial charge on any atom is -0.379 e. The van der Waals surface area contributed by atoms with E-state index >= 15 is 0 Å². The molecule has 0 aliphatic carbocycles. The first kappa shape index (κ1) is 8.97. The van der Waals surface area contributed by atoms with Crippen LogP contribution in [0.2, 0.25) is 0 Å². The van der Waals surface area contributed by atoms with Crippen LogP contribution in [0.3, 0.4) is 0 Å². The Morgan fingerprint density at radius 1 is 1.40 bits per heavy atom. The van der Waals surface area contributed by atoms with Crippen molar-refractivity contribution in [1.29, 1.82) is 0 Å². The van der Waals surface area contributed by atoms with Gasteiger partial charge in [0.1, 0.15) is 0 Å². The summed E-state index contributed by atoms with van der Waals surface area (Å²) >= 11 is 3.54. The third-order valence-corrected chi connectivity index (χ3v) is 3.45. The highest BCUT2D eigenvalue weighted by Gasteiger charge is 2.21. The molecule has 0 fully saturated rings. The summed E-state index contributed by atoms with van der Waals surface area (Å²) < 4.78 is 1.09. The van der Waals surface area contributed by atoms with Crippen molar-refractivity contribution in [3.8, 4) is 11.3 Å². The van der Waals surface area contributed by atoms with Gasteiger partial charge in [-0.1, -0.05) is 12.1 Å². The van der Waals surface area contributed by atoms with Crippen molar-refractivity contribution in [2.24, 2.45) is 0 Å². The van der Waals surface area contributed by atoms with Gasteiger partial charge in [-0.3, -0.25) is 5.10 Å². The molecule has 0 saturated carbocycles. The summed E-state index contributed by atoms with van der Waals surface area (Å²) in [7, 11) is 0. The second-order valence-electron chi connectivity index (χ2n) is 3.69. The molecule has 2 N–H and O–H groups in total. The Balaban J connectivity index is 2.30. The second-order valence-corrected chi connectivity index (χ2v) is 4.55. The van der Waals surface area contributed by atoms with Crippen molar-refractivity contribution in [1.82, 2.24) is 10.2 Å². The summed E-state index contributed by atoms with van der Waals surface area (Å²) in [5.41, 5.74) is 5.78. The number of hydrogen-bond donors (Lipinski definition) is 2. The van der Waals surface area contributed by atoms with Crippen LogP contribution in [0, 0.1) is 6.92 Å². The van der Waals surface area contributed by atoms with Gasteiger partial charge in [-0.05, 0) is 28.9 Å². The average Bonchev–Trinajstić information content (AvgIpc) is 2.61. The van der Waals surface area contributed by atoms with E-state index in [-0.39, 0.29) is 0 Å². The van der Waals surface area contributed by atoms with Gasteiger partial charge in [-0.2, -0.15) is 5.10 Å². The number of para-hydroxylation sites is 1. The number of anilines is 1. The zero-order chi connectivity index (χ0) is 10.4. The molecule has 0 saturated heterocycles. The molecule has 3 rings (SSSR count). The quantitative estimate of drug-likeness (QED) is 0.767. The normalized spacial score (nSPS) is 12.9. The highest BCUT2D eigenvalue weighted by molar-refractivity contribution is 9.10. The molecule has 4 heteroatoms. The maximum Gasteiger partial charge on any atom is 0.0994 e. The van der Waals surface area contributed by atoms with Gasteiger partial charge in [0.15, 0.2) is 0 Å². The smallest absolute Gasteiger partial charge is 0.0994 e. The number of nitrogens with zero attached hydrogens (tertiary/aromatic N) is 1. The maximum absolute atomic E-state index is 4.35. The van der Waals surface area contributed by atoms with Crippen LogP contribution in [-0.2, 0) is 6.54 Å². The third-order valence-electron chi connectivity index (χ3n) is 2.78. The molecule has 2 aromatic rings. The first-order valence-corrected chi connectivity index (χ1v) is 5.63. The Kier molecular flexibility index (Phi) is 1.85. The third kappa shape index (κ3) is 1.21. The van der Waals surface area contributed by atoms with Gasteiger partial charge in [-0.15, -0.1) is 0 Å². The van der Waals surface area contributed by atoms with Crippen LogP contribution in [0.4, 0.5) is 5.69 Å². The number of aryl methyl sites for hydroxylation is 1. The largest absolute Gasteiger partial charge is 0.379 e. The van der Waals surface area contributed by atoms with Gasteiger partial charge < -0.3 is 5.32 Å². The zero-order valence-electron chi connectivity index (χ0n) is 8.26. The van der Waals surface area contributed by atoms with Crippen molar-refractivity contribution in [2.75, 3.05) is 5.32 Å². The first-order valence-electron chi connectivity index (χ1n) is 4.84. The minimum atomic E-state index is 0.841. The Morgan fingerprint density at radius 2 is 2.27 bits per heavy atom. The van der Waals surface area contributed by atoms with Gasteiger partial charge in [-0.25, -0.2) is 0 Å². The van der Waals surface area contributed by atoms with Crippen LogP contribution in [0.25, 0.3) is 11.3 Å². The van der Waals surface area contributed by atoms with Gasteiger partial charge in [0.2, 0.25) is 0 Å². The summed E-state index contributed by atoms with van der Waals surface area (Å²) in [4.78, 5) is 0. The lowest BCUT2D eigenvalue weighted by molar-refractivity contribution is 1.05. The van der Waals surface area contributed by atoms with Crippen molar-refractivity contribution < 1.29 is 0 Å². The SMILES string of the molecule is Cc1[nH]nc2c1CNc1c(Br)cccc1-2.